The fourth-order valence-electron chi connectivity index (χ4n) is 3.91. The van der Waals surface area contributed by atoms with Crippen molar-refractivity contribution in [2.24, 2.45) is 0 Å². The van der Waals surface area contributed by atoms with Gasteiger partial charge in [-0.3, -0.25) is 14.4 Å². The number of amides is 2. The largest absolute Gasteiger partial charge is 0.455 e. The molecule has 1 aliphatic rings. The molecular weight excluding hydrogens is 458 g/mol. The van der Waals surface area contributed by atoms with Gasteiger partial charge in [-0.25, -0.2) is 8.42 Å². The van der Waals surface area contributed by atoms with Crippen LogP contribution < -0.4 is 14.9 Å². The zero-order valence-corrected chi connectivity index (χ0v) is 19.8. The lowest BCUT2D eigenvalue weighted by Gasteiger charge is -2.34. The summed E-state index contributed by atoms with van der Waals surface area (Å²) in [7, 11) is -3.97. The average Bonchev–Trinajstić information content (AvgIpc) is 2.83. The first-order valence-electron chi connectivity index (χ1n) is 11.2. The monoisotopic (exact) mass is 487 g/mol. The van der Waals surface area contributed by atoms with Crippen LogP contribution in [0, 0.1) is 0 Å². The highest BCUT2D eigenvalue weighted by Gasteiger charge is 2.27. The van der Waals surface area contributed by atoms with Crippen molar-refractivity contribution in [2.75, 3.05) is 23.4 Å². The normalized spacial score (nSPS) is 14.3. The van der Waals surface area contributed by atoms with E-state index in [4.69, 9.17) is 4.74 Å². The van der Waals surface area contributed by atoms with Crippen molar-refractivity contribution in [3.05, 3.63) is 54.6 Å². The smallest absolute Gasteiger partial charge is 0.321 e. The molecule has 2 aromatic carbocycles. The third-order valence-electron chi connectivity index (χ3n) is 5.49. The minimum absolute atomic E-state index is 0.0429. The number of benzene rings is 2. The first-order valence-corrected chi connectivity index (χ1v) is 12.6. The average molecular weight is 488 g/mol. The Labute approximate surface area is 199 Å². The van der Waals surface area contributed by atoms with Gasteiger partial charge in [0.25, 0.3) is 5.91 Å². The van der Waals surface area contributed by atoms with Crippen LogP contribution in [0.1, 0.15) is 39.0 Å². The van der Waals surface area contributed by atoms with Crippen LogP contribution in [0.25, 0.3) is 0 Å². The van der Waals surface area contributed by atoms with Crippen LogP contribution >= 0.6 is 0 Å². The zero-order chi connectivity index (χ0) is 24.6. The van der Waals surface area contributed by atoms with Gasteiger partial charge in [0.15, 0.2) is 6.61 Å². The Morgan fingerprint density at radius 3 is 2.24 bits per heavy atom. The number of carbonyl (C=O) groups excluding carboxylic acids is 3. The quantitative estimate of drug-likeness (QED) is 0.525. The molecule has 2 aromatic rings. The Morgan fingerprint density at radius 1 is 0.971 bits per heavy atom. The van der Waals surface area contributed by atoms with Crippen molar-refractivity contribution >= 4 is 39.2 Å². The van der Waals surface area contributed by atoms with Crippen LogP contribution in [0.3, 0.4) is 0 Å². The van der Waals surface area contributed by atoms with E-state index in [9.17, 15) is 22.8 Å². The first kappa shape index (κ1) is 25.4. The predicted octanol–water partition coefficient (Wildman–Crippen LogP) is 2.83. The Bertz CT molecular complexity index is 1100. The highest BCUT2D eigenvalue weighted by molar-refractivity contribution is 7.89. The van der Waals surface area contributed by atoms with Crippen molar-refractivity contribution < 1.29 is 27.5 Å². The number of sulfonamides is 1. The zero-order valence-electron chi connectivity index (χ0n) is 19.0. The number of carbonyl (C=O) groups is 3. The summed E-state index contributed by atoms with van der Waals surface area (Å²) >= 11 is 0. The van der Waals surface area contributed by atoms with Gasteiger partial charge in [0.1, 0.15) is 6.54 Å². The second kappa shape index (κ2) is 11.8. The fraction of sp³-hybridized carbons (Fsp3) is 0.375. The summed E-state index contributed by atoms with van der Waals surface area (Å²) < 4.78 is 32.1. The van der Waals surface area contributed by atoms with Gasteiger partial charge < -0.3 is 15.0 Å². The molecule has 2 amide bonds. The molecule has 182 valence electrons. The number of rotatable bonds is 9. The van der Waals surface area contributed by atoms with Crippen LogP contribution in [0.2, 0.25) is 0 Å². The molecule has 1 aliphatic carbocycles. The molecule has 0 spiro atoms. The number of ether oxygens (including phenoxy) is 1. The first-order chi connectivity index (χ1) is 16.3. The van der Waals surface area contributed by atoms with Gasteiger partial charge in [-0.05, 0) is 49.2 Å². The SMILES string of the molecule is CC(=O)Nc1ccc(S(=O)(=O)NCC(=O)OCC(=O)N(c2ccccc2)C2CCCCC2)cc1. The van der Waals surface area contributed by atoms with Crippen molar-refractivity contribution in [2.45, 2.75) is 50.0 Å². The van der Waals surface area contributed by atoms with Crippen molar-refractivity contribution in [3.8, 4) is 0 Å². The Morgan fingerprint density at radius 2 is 1.62 bits per heavy atom. The van der Waals surface area contributed by atoms with Crippen LogP contribution in [-0.2, 0) is 29.1 Å². The van der Waals surface area contributed by atoms with Gasteiger partial charge in [0.2, 0.25) is 15.9 Å². The molecule has 0 aliphatic heterocycles. The molecule has 0 saturated heterocycles. The summed E-state index contributed by atoms with van der Waals surface area (Å²) in [5.41, 5.74) is 1.20. The van der Waals surface area contributed by atoms with Crippen molar-refractivity contribution in [3.63, 3.8) is 0 Å². The molecule has 2 N–H and O–H groups in total. The molecule has 1 fully saturated rings. The minimum Gasteiger partial charge on any atom is -0.455 e. The second-order valence-electron chi connectivity index (χ2n) is 8.08. The summed E-state index contributed by atoms with van der Waals surface area (Å²) in [6, 6.07) is 14.8. The summed E-state index contributed by atoms with van der Waals surface area (Å²) in [6.45, 7) is 0.256. The number of nitrogens with zero attached hydrogens (tertiary/aromatic N) is 1. The van der Waals surface area contributed by atoms with E-state index in [1.54, 1.807) is 4.90 Å². The molecule has 9 nitrogen and oxygen atoms in total. The molecule has 10 heteroatoms. The van der Waals surface area contributed by atoms with E-state index in [1.807, 2.05) is 30.3 Å². The van der Waals surface area contributed by atoms with Gasteiger partial charge in [-0.1, -0.05) is 37.5 Å². The molecule has 0 bridgehead atoms. The van der Waals surface area contributed by atoms with Crippen LogP contribution in [0.5, 0.6) is 0 Å². The molecule has 3 rings (SSSR count). The fourth-order valence-corrected chi connectivity index (χ4v) is 4.88. The number of anilines is 2. The third-order valence-corrected chi connectivity index (χ3v) is 6.91. The maximum atomic E-state index is 13.0. The summed E-state index contributed by atoms with van der Waals surface area (Å²) in [5, 5.41) is 2.54. The molecule has 0 unspecified atom stereocenters. The van der Waals surface area contributed by atoms with E-state index in [2.05, 4.69) is 10.0 Å². The van der Waals surface area contributed by atoms with Crippen LogP contribution in [0.15, 0.2) is 59.5 Å². The Hall–Kier alpha value is -3.24. The van der Waals surface area contributed by atoms with Crippen molar-refractivity contribution in [1.82, 2.24) is 4.72 Å². The van der Waals surface area contributed by atoms with E-state index >= 15 is 0 Å². The standard InChI is InChI=1S/C24H29N3O6S/c1-18(28)26-19-12-14-22(15-13-19)34(31,32)25-16-24(30)33-17-23(29)27(20-8-4-2-5-9-20)21-10-6-3-7-11-21/h2,4-5,8-9,12-15,21,25H,3,6-7,10-11,16-17H2,1H3,(H,26,28). The summed E-state index contributed by atoms with van der Waals surface area (Å²) in [5.74, 6) is -1.48. The van der Waals surface area contributed by atoms with E-state index in [0.29, 0.717) is 5.69 Å². The highest BCUT2D eigenvalue weighted by Crippen LogP contribution is 2.27. The van der Waals surface area contributed by atoms with Gasteiger partial charge in [-0.2, -0.15) is 4.72 Å². The lowest BCUT2D eigenvalue weighted by Crippen LogP contribution is -2.44. The highest BCUT2D eigenvalue weighted by atomic mass is 32.2. The molecule has 0 atom stereocenters. The van der Waals surface area contributed by atoms with E-state index in [0.717, 1.165) is 37.8 Å². The third kappa shape index (κ3) is 7.13. The molecule has 0 radical (unpaired) electrons. The summed E-state index contributed by atoms with van der Waals surface area (Å²) in [4.78, 5) is 37.8. The number of nitrogens with one attached hydrogen (secondary N) is 2. The van der Waals surface area contributed by atoms with Gasteiger partial charge in [-0.15, -0.1) is 0 Å². The molecule has 1 saturated carbocycles. The van der Waals surface area contributed by atoms with Crippen LogP contribution in [0.4, 0.5) is 11.4 Å². The minimum atomic E-state index is -3.97. The second-order valence-corrected chi connectivity index (χ2v) is 9.85. The topological polar surface area (TPSA) is 122 Å². The summed E-state index contributed by atoms with van der Waals surface area (Å²) in [6.07, 6.45) is 4.98. The Balaban J connectivity index is 1.55. The lowest BCUT2D eigenvalue weighted by atomic mass is 9.93. The maximum absolute atomic E-state index is 13.0. The van der Waals surface area contributed by atoms with E-state index < -0.39 is 29.1 Å². The van der Waals surface area contributed by atoms with Crippen molar-refractivity contribution in [1.29, 1.82) is 0 Å². The van der Waals surface area contributed by atoms with Crippen LogP contribution in [-0.4, -0.2) is 45.4 Å². The van der Waals surface area contributed by atoms with E-state index in [1.165, 1.54) is 31.2 Å². The number of hydrogen-bond acceptors (Lipinski definition) is 6. The van der Waals surface area contributed by atoms with Gasteiger partial charge in [0.05, 0.1) is 4.90 Å². The number of para-hydroxylation sites is 1. The molecular formula is C24H29N3O6S. The maximum Gasteiger partial charge on any atom is 0.321 e. The van der Waals surface area contributed by atoms with Gasteiger partial charge >= 0.3 is 5.97 Å². The Kier molecular flexibility index (Phi) is 8.78. The molecule has 34 heavy (non-hydrogen) atoms. The number of hydrogen-bond donors (Lipinski definition) is 2. The number of esters is 1. The van der Waals surface area contributed by atoms with E-state index in [-0.39, 0.29) is 22.8 Å². The molecule has 0 aromatic heterocycles. The lowest BCUT2D eigenvalue weighted by molar-refractivity contribution is -0.146. The predicted molar refractivity (Wildman–Crippen MR) is 128 cm³/mol. The molecule has 0 heterocycles. The van der Waals surface area contributed by atoms with Gasteiger partial charge in [0, 0.05) is 24.3 Å².